The van der Waals surface area contributed by atoms with Crippen LogP contribution in [0, 0.1) is 5.41 Å². The summed E-state index contributed by atoms with van der Waals surface area (Å²) in [6.45, 7) is 4.98. The maximum Gasteiger partial charge on any atom is 0.418 e. The lowest BCUT2D eigenvalue weighted by Gasteiger charge is -2.25. The molecule has 1 aromatic heterocycles. The van der Waals surface area contributed by atoms with Gasteiger partial charge in [-0.2, -0.15) is 13.2 Å². The molecule has 2 N–H and O–H groups in total. The summed E-state index contributed by atoms with van der Waals surface area (Å²) in [7, 11) is 0. The predicted molar refractivity (Wildman–Crippen MR) is 109 cm³/mol. The van der Waals surface area contributed by atoms with Crippen molar-refractivity contribution in [2.75, 3.05) is 10.6 Å². The molecule has 0 saturated heterocycles. The van der Waals surface area contributed by atoms with Crippen molar-refractivity contribution in [3.8, 4) is 0 Å². The Labute approximate surface area is 179 Å². The van der Waals surface area contributed by atoms with E-state index in [2.05, 4.69) is 15.6 Å². The summed E-state index contributed by atoms with van der Waals surface area (Å²) >= 11 is 7.16. The lowest BCUT2D eigenvalue weighted by Crippen LogP contribution is -2.35. The van der Waals surface area contributed by atoms with Gasteiger partial charge in [-0.1, -0.05) is 32.9 Å². The highest BCUT2D eigenvalue weighted by Crippen LogP contribution is 2.37. The summed E-state index contributed by atoms with van der Waals surface area (Å²) in [5.41, 5.74) is -2.61. The molecule has 0 radical (unpaired) electrons. The molecule has 1 atom stereocenters. The molecule has 162 valence electrons. The number of carbonyl (C=O) groups excluding carboxylic acids is 3. The Balaban J connectivity index is 2.33. The highest BCUT2D eigenvalue weighted by atomic mass is 35.5. The van der Waals surface area contributed by atoms with Crippen molar-refractivity contribution in [1.82, 2.24) is 4.98 Å². The van der Waals surface area contributed by atoms with Crippen LogP contribution in [0.1, 0.15) is 31.9 Å². The number of ketones is 1. The molecule has 0 spiro atoms. The molecule has 0 saturated carbocycles. The van der Waals surface area contributed by atoms with Gasteiger partial charge in [-0.25, -0.2) is 4.98 Å². The normalized spacial score (nSPS) is 12.9. The molecule has 0 aliphatic rings. The summed E-state index contributed by atoms with van der Waals surface area (Å²) in [5, 5.41) is 5.10. The van der Waals surface area contributed by atoms with Crippen molar-refractivity contribution in [3.63, 3.8) is 0 Å². The number of thiazole rings is 1. The molecule has 0 aliphatic heterocycles. The van der Waals surface area contributed by atoms with Crippen molar-refractivity contribution in [2.45, 2.75) is 38.7 Å². The van der Waals surface area contributed by atoms with Crippen molar-refractivity contribution in [3.05, 3.63) is 40.9 Å². The summed E-state index contributed by atoms with van der Waals surface area (Å²) in [6, 6.07) is 3.11. The first-order valence-electron chi connectivity index (χ1n) is 8.68. The molecule has 0 bridgehead atoms. The Bertz CT molecular complexity index is 941. The van der Waals surface area contributed by atoms with Crippen LogP contribution in [0.5, 0.6) is 0 Å². The molecule has 1 aromatic carbocycles. The van der Waals surface area contributed by atoms with Crippen LogP contribution in [-0.4, -0.2) is 28.0 Å². The SMILES string of the molecule is CC(C)(C)C(Cl)C(=O)Nc1c(CC(=O)C(=O)Nc2nccs2)cccc1C(F)(F)F. The fraction of sp³-hybridized carbons (Fsp3) is 0.368. The summed E-state index contributed by atoms with van der Waals surface area (Å²) in [5.74, 6) is -2.86. The number of nitrogens with one attached hydrogen (secondary N) is 2. The third-order valence-electron chi connectivity index (χ3n) is 3.95. The average Bonchev–Trinajstić information content (AvgIpc) is 3.13. The molecule has 2 amide bonds. The molecular weight excluding hydrogens is 443 g/mol. The van der Waals surface area contributed by atoms with Crippen LogP contribution < -0.4 is 10.6 Å². The third kappa shape index (κ3) is 6.02. The monoisotopic (exact) mass is 461 g/mol. The Kier molecular flexibility index (Phi) is 7.25. The molecule has 0 aliphatic carbocycles. The van der Waals surface area contributed by atoms with Crippen LogP contribution >= 0.6 is 22.9 Å². The van der Waals surface area contributed by atoms with Gasteiger partial charge in [0.25, 0.3) is 5.91 Å². The highest BCUT2D eigenvalue weighted by molar-refractivity contribution is 7.13. The number of carbonyl (C=O) groups is 3. The van der Waals surface area contributed by atoms with Gasteiger partial charge in [0, 0.05) is 18.0 Å². The maximum atomic E-state index is 13.5. The van der Waals surface area contributed by atoms with Crippen LogP contribution in [0.2, 0.25) is 0 Å². The van der Waals surface area contributed by atoms with E-state index in [9.17, 15) is 27.6 Å². The van der Waals surface area contributed by atoms with E-state index in [0.717, 1.165) is 23.5 Å². The number of para-hydroxylation sites is 1. The molecule has 2 aromatic rings. The Hall–Kier alpha value is -2.46. The fourth-order valence-corrected chi connectivity index (χ4v) is 2.99. The number of alkyl halides is 4. The van der Waals surface area contributed by atoms with Crippen molar-refractivity contribution >= 4 is 51.4 Å². The largest absolute Gasteiger partial charge is 0.418 e. The Morgan fingerprint density at radius 1 is 1.17 bits per heavy atom. The van der Waals surface area contributed by atoms with Crippen LogP contribution in [0.15, 0.2) is 29.8 Å². The molecular formula is C19H19ClF3N3O3S. The van der Waals surface area contributed by atoms with E-state index < -0.39 is 52.2 Å². The van der Waals surface area contributed by atoms with E-state index in [1.165, 1.54) is 12.3 Å². The Morgan fingerprint density at radius 2 is 1.83 bits per heavy atom. The minimum Gasteiger partial charge on any atom is -0.324 e. The molecule has 30 heavy (non-hydrogen) atoms. The zero-order chi connectivity index (χ0) is 22.7. The predicted octanol–water partition coefficient (Wildman–Crippen LogP) is 4.50. The van der Waals surface area contributed by atoms with Crippen LogP contribution in [0.25, 0.3) is 0 Å². The van der Waals surface area contributed by atoms with E-state index in [4.69, 9.17) is 11.6 Å². The highest BCUT2D eigenvalue weighted by Gasteiger charge is 2.37. The second-order valence-electron chi connectivity index (χ2n) is 7.45. The van der Waals surface area contributed by atoms with Crippen LogP contribution in [0.3, 0.4) is 0 Å². The van der Waals surface area contributed by atoms with Gasteiger partial charge in [0.05, 0.1) is 11.3 Å². The number of amides is 2. The number of hydrogen-bond donors (Lipinski definition) is 2. The zero-order valence-electron chi connectivity index (χ0n) is 16.3. The van der Waals surface area contributed by atoms with Gasteiger partial charge in [-0.3, -0.25) is 19.7 Å². The zero-order valence-corrected chi connectivity index (χ0v) is 17.8. The first kappa shape index (κ1) is 23.8. The minimum absolute atomic E-state index is 0.157. The number of rotatable bonds is 6. The van der Waals surface area contributed by atoms with E-state index in [1.54, 1.807) is 26.2 Å². The minimum atomic E-state index is -4.80. The van der Waals surface area contributed by atoms with Gasteiger partial charge in [0.15, 0.2) is 5.13 Å². The standard InChI is InChI=1S/C19H19ClF3N3O3S/c1-18(2,3)14(20)16(29)25-13-10(5-4-6-11(13)19(21,22)23)9-12(27)15(28)26-17-24-7-8-30-17/h4-8,14H,9H2,1-3H3,(H,25,29)(H,24,26,28). The van der Waals surface area contributed by atoms with Crippen LogP contribution in [-0.2, 0) is 27.0 Å². The topological polar surface area (TPSA) is 88.2 Å². The maximum absolute atomic E-state index is 13.5. The summed E-state index contributed by atoms with van der Waals surface area (Å²) in [6.07, 6.45) is -4.03. The van der Waals surface area contributed by atoms with Gasteiger partial charge >= 0.3 is 6.18 Å². The molecule has 0 fully saturated rings. The lowest BCUT2D eigenvalue weighted by atomic mass is 9.91. The van der Waals surface area contributed by atoms with Crippen LogP contribution in [0.4, 0.5) is 24.0 Å². The summed E-state index contributed by atoms with van der Waals surface area (Å²) in [4.78, 5) is 40.6. The Morgan fingerprint density at radius 3 is 2.37 bits per heavy atom. The lowest BCUT2D eigenvalue weighted by molar-refractivity contribution is -0.137. The van der Waals surface area contributed by atoms with E-state index >= 15 is 0 Å². The number of aromatic nitrogens is 1. The number of benzene rings is 1. The number of anilines is 2. The van der Waals surface area contributed by atoms with Gasteiger partial charge in [-0.05, 0) is 17.0 Å². The molecule has 2 rings (SSSR count). The average molecular weight is 462 g/mol. The molecule has 1 heterocycles. The van der Waals surface area contributed by atoms with Gasteiger partial charge in [0.2, 0.25) is 11.7 Å². The van der Waals surface area contributed by atoms with Crippen molar-refractivity contribution in [2.24, 2.45) is 5.41 Å². The molecule has 1 unspecified atom stereocenters. The number of nitrogens with zero attached hydrogens (tertiary/aromatic N) is 1. The fourth-order valence-electron chi connectivity index (χ4n) is 2.42. The number of halogens is 4. The van der Waals surface area contributed by atoms with Gasteiger partial charge < -0.3 is 5.32 Å². The quantitative estimate of drug-likeness (QED) is 0.489. The van der Waals surface area contributed by atoms with Crippen molar-refractivity contribution in [1.29, 1.82) is 0 Å². The number of Topliss-reactive ketones (excluding diaryl/α,β-unsaturated/α-hetero) is 1. The molecule has 11 heteroatoms. The third-order valence-corrected chi connectivity index (χ3v) is 5.49. The van der Waals surface area contributed by atoms with Crippen molar-refractivity contribution < 1.29 is 27.6 Å². The first-order chi connectivity index (χ1) is 13.8. The van der Waals surface area contributed by atoms with E-state index in [0.29, 0.717) is 0 Å². The number of hydrogen-bond acceptors (Lipinski definition) is 5. The summed E-state index contributed by atoms with van der Waals surface area (Å²) < 4.78 is 40.5. The second-order valence-corrected chi connectivity index (χ2v) is 8.78. The smallest absolute Gasteiger partial charge is 0.324 e. The van der Waals surface area contributed by atoms with Gasteiger partial charge in [0.1, 0.15) is 5.38 Å². The van der Waals surface area contributed by atoms with E-state index in [-0.39, 0.29) is 10.7 Å². The second kappa shape index (κ2) is 9.13. The van der Waals surface area contributed by atoms with E-state index in [1.807, 2.05) is 0 Å². The molecule has 6 nitrogen and oxygen atoms in total. The van der Waals surface area contributed by atoms with Gasteiger partial charge in [-0.15, -0.1) is 22.9 Å². The first-order valence-corrected chi connectivity index (χ1v) is 10.00.